The molecule has 0 unspecified atom stereocenters. The van der Waals surface area contributed by atoms with Crippen LogP contribution in [0, 0.1) is 0 Å². The molecule has 0 aromatic heterocycles. The van der Waals surface area contributed by atoms with Gasteiger partial charge in [0, 0.05) is 18.0 Å². The summed E-state index contributed by atoms with van der Waals surface area (Å²) in [6, 6.07) is 16.9. The first kappa shape index (κ1) is 20.9. The lowest BCUT2D eigenvalue weighted by atomic mass is 10.2. The van der Waals surface area contributed by atoms with Crippen LogP contribution in [0.15, 0.2) is 64.6 Å². The number of rotatable bonds is 8. The van der Waals surface area contributed by atoms with Crippen molar-refractivity contribution in [2.24, 2.45) is 5.10 Å². The number of carbonyl (C=O) groups excluding carboxylic acids is 2. The summed E-state index contributed by atoms with van der Waals surface area (Å²) in [7, 11) is 0. The highest BCUT2D eigenvalue weighted by molar-refractivity contribution is 8.00. The van der Waals surface area contributed by atoms with Gasteiger partial charge in [0.1, 0.15) is 5.75 Å². The maximum absolute atomic E-state index is 12.1. The molecule has 29 heavy (non-hydrogen) atoms. The molecular weight excluding hydrogens is 390 g/mol. The molecule has 8 heteroatoms. The van der Waals surface area contributed by atoms with E-state index in [0.717, 1.165) is 10.5 Å². The fourth-order valence-corrected chi connectivity index (χ4v) is 3.29. The van der Waals surface area contributed by atoms with Gasteiger partial charge >= 0.3 is 0 Å². The number of thioether (sulfide) groups is 1. The van der Waals surface area contributed by atoms with Crippen LogP contribution in [0.1, 0.15) is 5.56 Å². The van der Waals surface area contributed by atoms with Gasteiger partial charge in [-0.2, -0.15) is 5.10 Å². The van der Waals surface area contributed by atoms with Crippen molar-refractivity contribution in [3.8, 4) is 5.75 Å². The van der Waals surface area contributed by atoms with Crippen molar-refractivity contribution in [3.05, 3.63) is 60.2 Å². The van der Waals surface area contributed by atoms with Crippen molar-refractivity contribution >= 4 is 29.8 Å². The molecule has 3 rings (SSSR count). The zero-order valence-corrected chi connectivity index (χ0v) is 16.8. The normalized spacial score (nSPS) is 14.0. The fraction of sp³-hybridized carbons (Fsp3) is 0.286. The molecule has 0 radical (unpaired) electrons. The highest BCUT2D eigenvalue weighted by Crippen LogP contribution is 2.16. The SMILES string of the molecule is O=C(CSc1ccccc1)N/N=C\c1ccc(OCC(=O)N2CCOCC2)cc1. The van der Waals surface area contributed by atoms with Gasteiger partial charge in [0.2, 0.25) is 5.91 Å². The van der Waals surface area contributed by atoms with Gasteiger partial charge < -0.3 is 14.4 Å². The zero-order chi connectivity index (χ0) is 20.3. The number of nitrogens with one attached hydrogen (secondary N) is 1. The first-order chi connectivity index (χ1) is 14.2. The summed E-state index contributed by atoms with van der Waals surface area (Å²) in [5.41, 5.74) is 3.32. The Bertz CT molecular complexity index is 822. The Balaban J connectivity index is 1.38. The topological polar surface area (TPSA) is 80.2 Å². The van der Waals surface area contributed by atoms with E-state index in [1.165, 1.54) is 11.8 Å². The first-order valence-electron chi connectivity index (χ1n) is 9.29. The number of morpholine rings is 1. The molecule has 0 bridgehead atoms. The Kier molecular flexibility index (Phi) is 8.09. The maximum atomic E-state index is 12.1. The van der Waals surface area contributed by atoms with E-state index in [1.807, 2.05) is 42.5 Å². The highest BCUT2D eigenvalue weighted by Gasteiger charge is 2.16. The fourth-order valence-electron chi connectivity index (χ4n) is 2.58. The third-order valence-electron chi connectivity index (χ3n) is 4.12. The summed E-state index contributed by atoms with van der Waals surface area (Å²) in [5, 5.41) is 3.97. The smallest absolute Gasteiger partial charge is 0.260 e. The molecule has 1 saturated heterocycles. The molecule has 1 aliphatic rings. The molecule has 0 aliphatic carbocycles. The van der Waals surface area contributed by atoms with E-state index in [2.05, 4.69) is 10.5 Å². The van der Waals surface area contributed by atoms with Crippen LogP contribution >= 0.6 is 11.8 Å². The van der Waals surface area contributed by atoms with E-state index in [1.54, 1.807) is 23.2 Å². The number of hydrogen-bond acceptors (Lipinski definition) is 6. The third-order valence-corrected chi connectivity index (χ3v) is 5.13. The average Bonchev–Trinajstić information content (AvgIpc) is 2.78. The second-order valence-corrected chi connectivity index (χ2v) is 7.29. The van der Waals surface area contributed by atoms with Gasteiger partial charge in [0.25, 0.3) is 5.91 Å². The van der Waals surface area contributed by atoms with Crippen molar-refractivity contribution < 1.29 is 19.1 Å². The highest BCUT2D eigenvalue weighted by atomic mass is 32.2. The number of amides is 2. The van der Waals surface area contributed by atoms with Crippen molar-refractivity contribution in [2.45, 2.75) is 4.90 Å². The lowest BCUT2D eigenvalue weighted by molar-refractivity contribution is -0.137. The summed E-state index contributed by atoms with van der Waals surface area (Å²) in [4.78, 5) is 26.7. The van der Waals surface area contributed by atoms with Crippen LogP contribution in [0.25, 0.3) is 0 Å². The summed E-state index contributed by atoms with van der Waals surface area (Å²) >= 11 is 1.45. The number of carbonyl (C=O) groups is 2. The minimum absolute atomic E-state index is 0.00255. The number of hydrazone groups is 1. The number of hydrogen-bond donors (Lipinski definition) is 1. The van der Waals surface area contributed by atoms with Gasteiger partial charge in [0.15, 0.2) is 6.61 Å². The standard InChI is InChI=1S/C21H23N3O4S/c25-20(16-29-19-4-2-1-3-5-19)23-22-14-17-6-8-18(9-7-17)28-15-21(26)24-10-12-27-13-11-24/h1-9,14H,10-13,15-16H2,(H,23,25)/b22-14-. The minimum atomic E-state index is -0.170. The molecule has 1 N–H and O–H groups in total. The molecular formula is C21H23N3O4S. The minimum Gasteiger partial charge on any atom is -0.484 e. The molecule has 152 valence electrons. The van der Waals surface area contributed by atoms with Gasteiger partial charge in [-0.25, -0.2) is 5.43 Å². The van der Waals surface area contributed by atoms with E-state index in [4.69, 9.17) is 9.47 Å². The van der Waals surface area contributed by atoms with Crippen LogP contribution in [0.2, 0.25) is 0 Å². The lowest BCUT2D eigenvalue weighted by Crippen LogP contribution is -2.42. The number of nitrogens with zero attached hydrogens (tertiary/aromatic N) is 2. The molecule has 1 fully saturated rings. The predicted molar refractivity (Wildman–Crippen MR) is 112 cm³/mol. The monoisotopic (exact) mass is 413 g/mol. The number of ether oxygens (including phenoxy) is 2. The molecule has 0 saturated carbocycles. The number of benzene rings is 2. The van der Waals surface area contributed by atoms with E-state index < -0.39 is 0 Å². The van der Waals surface area contributed by atoms with Gasteiger partial charge in [0.05, 0.1) is 25.2 Å². The van der Waals surface area contributed by atoms with E-state index in [-0.39, 0.29) is 18.4 Å². The van der Waals surface area contributed by atoms with Crippen LogP contribution in [0.5, 0.6) is 5.75 Å². The Morgan fingerprint density at radius 2 is 1.83 bits per heavy atom. The molecule has 2 aromatic rings. The predicted octanol–water partition coefficient (Wildman–Crippen LogP) is 2.17. The summed E-state index contributed by atoms with van der Waals surface area (Å²) < 4.78 is 10.8. The lowest BCUT2D eigenvalue weighted by Gasteiger charge is -2.26. The van der Waals surface area contributed by atoms with Crippen LogP contribution in [0.3, 0.4) is 0 Å². The molecule has 2 amide bonds. The van der Waals surface area contributed by atoms with Crippen LogP contribution in [0.4, 0.5) is 0 Å². The van der Waals surface area contributed by atoms with Crippen molar-refractivity contribution in [1.29, 1.82) is 0 Å². The Morgan fingerprint density at radius 3 is 2.55 bits per heavy atom. The molecule has 0 atom stereocenters. The van der Waals surface area contributed by atoms with Gasteiger partial charge in [-0.3, -0.25) is 9.59 Å². The van der Waals surface area contributed by atoms with E-state index >= 15 is 0 Å². The zero-order valence-electron chi connectivity index (χ0n) is 16.0. The third kappa shape index (κ3) is 7.24. The van der Waals surface area contributed by atoms with Crippen molar-refractivity contribution in [1.82, 2.24) is 10.3 Å². The van der Waals surface area contributed by atoms with E-state index in [0.29, 0.717) is 37.8 Å². The largest absolute Gasteiger partial charge is 0.484 e. The molecule has 0 spiro atoms. The Morgan fingerprint density at radius 1 is 1.10 bits per heavy atom. The summed E-state index contributed by atoms with van der Waals surface area (Å²) in [6.07, 6.45) is 1.56. The van der Waals surface area contributed by atoms with Crippen LogP contribution in [-0.4, -0.2) is 61.6 Å². The second kappa shape index (κ2) is 11.2. The maximum Gasteiger partial charge on any atom is 0.260 e. The second-order valence-electron chi connectivity index (χ2n) is 6.25. The van der Waals surface area contributed by atoms with Gasteiger partial charge in [-0.05, 0) is 42.0 Å². The summed E-state index contributed by atoms with van der Waals surface area (Å²) in [6.45, 7) is 2.35. The van der Waals surface area contributed by atoms with Gasteiger partial charge in [-0.1, -0.05) is 18.2 Å². The average molecular weight is 413 g/mol. The van der Waals surface area contributed by atoms with Gasteiger partial charge in [-0.15, -0.1) is 11.8 Å². The molecule has 7 nitrogen and oxygen atoms in total. The van der Waals surface area contributed by atoms with Crippen molar-refractivity contribution in [3.63, 3.8) is 0 Å². The Hall–Kier alpha value is -2.84. The molecule has 1 aliphatic heterocycles. The summed E-state index contributed by atoms with van der Waals surface area (Å²) in [5.74, 6) is 0.685. The van der Waals surface area contributed by atoms with Crippen LogP contribution in [-0.2, 0) is 14.3 Å². The molecule has 1 heterocycles. The molecule has 2 aromatic carbocycles. The Labute approximate surface area is 174 Å². The first-order valence-corrected chi connectivity index (χ1v) is 10.3. The quantitative estimate of drug-likeness (QED) is 0.408. The van der Waals surface area contributed by atoms with Crippen molar-refractivity contribution in [2.75, 3.05) is 38.7 Å². The van der Waals surface area contributed by atoms with Crippen LogP contribution < -0.4 is 10.2 Å². The van der Waals surface area contributed by atoms with E-state index in [9.17, 15) is 9.59 Å².